The van der Waals surface area contributed by atoms with Crippen LogP contribution in [0.15, 0.2) is 4.52 Å². The highest BCUT2D eigenvalue weighted by atomic mass is 16.5. The third kappa shape index (κ3) is 3.88. The molecule has 90 valence electrons. The molecule has 0 aliphatic heterocycles. The first kappa shape index (κ1) is 12.5. The molecule has 16 heavy (non-hydrogen) atoms. The number of nitrogens with one attached hydrogen (secondary N) is 2. The standard InChI is InChI=1S/C10H18N4O2/c1-6(2)7(3)12-10(15)11-5-9-13-8(4)14-16-9/h6-7H,5H2,1-4H3,(H2,11,12,15). The second-order valence-corrected chi connectivity index (χ2v) is 4.10. The molecule has 0 fully saturated rings. The lowest BCUT2D eigenvalue weighted by Gasteiger charge is -2.17. The Morgan fingerprint density at radius 2 is 2.12 bits per heavy atom. The van der Waals surface area contributed by atoms with Gasteiger partial charge in [-0.2, -0.15) is 4.98 Å². The van der Waals surface area contributed by atoms with Crippen molar-refractivity contribution < 1.29 is 9.32 Å². The Bertz CT molecular complexity index is 348. The van der Waals surface area contributed by atoms with Crippen LogP contribution in [-0.2, 0) is 6.54 Å². The predicted octanol–water partition coefficient (Wildman–Crippen LogP) is 1.22. The molecule has 0 spiro atoms. The first-order valence-electron chi connectivity index (χ1n) is 5.32. The summed E-state index contributed by atoms with van der Waals surface area (Å²) in [5.74, 6) is 1.37. The lowest BCUT2D eigenvalue weighted by Crippen LogP contribution is -2.42. The van der Waals surface area contributed by atoms with Gasteiger partial charge in [0.2, 0.25) is 5.89 Å². The quantitative estimate of drug-likeness (QED) is 0.809. The predicted molar refractivity (Wildman–Crippen MR) is 58.7 cm³/mol. The van der Waals surface area contributed by atoms with E-state index in [1.165, 1.54) is 0 Å². The molecular formula is C10H18N4O2. The largest absolute Gasteiger partial charge is 0.337 e. The van der Waals surface area contributed by atoms with Crippen LogP contribution in [0.1, 0.15) is 32.5 Å². The number of hydrogen-bond acceptors (Lipinski definition) is 4. The Morgan fingerprint density at radius 3 is 2.62 bits per heavy atom. The normalized spacial score (nSPS) is 12.6. The van der Waals surface area contributed by atoms with E-state index in [0.29, 0.717) is 17.6 Å². The number of aryl methyl sites for hydroxylation is 1. The van der Waals surface area contributed by atoms with Crippen molar-refractivity contribution in [3.05, 3.63) is 11.7 Å². The van der Waals surface area contributed by atoms with E-state index in [9.17, 15) is 4.79 Å². The SMILES string of the molecule is Cc1noc(CNC(=O)NC(C)C(C)C)n1. The molecule has 2 amide bonds. The van der Waals surface area contributed by atoms with Crippen molar-refractivity contribution in [1.82, 2.24) is 20.8 Å². The number of carbonyl (C=O) groups excluding carboxylic acids is 1. The van der Waals surface area contributed by atoms with Gasteiger partial charge in [0.15, 0.2) is 5.82 Å². The Labute approximate surface area is 94.8 Å². The van der Waals surface area contributed by atoms with Crippen LogP contribution in [0.4, 0.5) is 4.79 Å². The van der Waals surface area contributed by atoms with Gasteiger partial charge in [-0.1, -0.05) is 19.0 Å². The highest BCUT2D eigenvalue weighted by molar-refractivity contribution is 5.74. The number of hydrogen-bond donors (Lipinski definition) is 2. The summed E-state index contributed by atoms with van der Waals surface area (Å²) in [5, 5.41) is 9.09. The number of aromatic nitrogens is 2. The van der Waals surface area contributed by atoms with E-state index in [1.807, 2.05) is 20.8 Å². The molecule has 1 aromatic heterocycles. The molecule has 0 aromatic carbocycles. The smallest absolute Gasteiger partial charge is 0.315 e. The van der Waals surface area contributed by atoms with E-state index >= 15 is 0 Å². The Balaban J connectivity index is 2.30. The average Bonchev–Trinajstić information content (AvgIpc) is 2.61. The topological polar surface area (TPSA) is 80.0 Å². The van der Waals surface area contributed by atoms with Crippen LogP contribution in [0, 0.1) is 12.8 Å². The monoisotopic (exact) mass is 226 g/mol. The minimum atomic E-state index is -0.225. The number of amides is 2. The lowest BCUT2D eigenvalue weighted by molar-refractivity contribution is 0.232. The van der Waals surface area contributed by atoms with Crippen LogP contribution in [0.2, 0.25) is 0 Å². The molecule has 0 saturated heterocycles. The van der Waals surface area contributed by atoms with Gasteiger partial charge in [0.25, 0.3) is 0 Å². The van der Waals surface area contributed by atoms with E-state index in [2.05, 4.69) is 20.8 Å². The third-order valence-electron chi connectivity index (χ3n) is 2.33. The molecule has 1 aromatic rings. The van der Waals surface area contributed by atoms with Crippen LogP contribution in [0.25, 0.3) is 0 Å². The summed E-state index contributed by atoms with van der Waals surface area (Å²) < 4.78 is 4.86. The molecule has 6 nitrogen and oxygen atoms in total. The van der Waals surface area contributed by atoms with Gasteiger partial charge < -0.3 is 15.2 Å². The zero-order valence-electron chi connectivity index (χ0n) is 10.1. The van der Waals surface area contributed by atoms with Crippen LogP contribution < -0.4 is 10.6 Å². The zero-order chi connectivity index (χ0) is 12.1. The maximum atomic E-state index is 11.4. The molecule has 0 bridgehead atoms. The van der Waals surface area contributed by atoms with Gasteiger partial charge in [0, 0.05) is 6.04 Å². The molecule has 1 unspecified atom stereocenters. The summed E-state index contributed by atoms with van der Waals surface area (Å²) in [6.45, 7) is 8.03. The highest BCUT2D eigenvalue weighted by Gasteiger charge is 2.11. The van der Waals surface area contributed by atoms with Gasteiger partial charge in [-0.3, -0.25) is 0 Å². The molecule has 2 N–H and O–H groups in total. The maximum Gasteiger partial charge on any atom is 0.315 e. The second-order valence-electron chi connectivity index (χ2n) is 4.10. The number of urea groups is 1. The molecule has 1 rings (SSSR count). The van der Waals surface area contributed by atoms with Crippen molar-refractivity contribution >= 4 is 6.03 Å². The zero-order valence-corrected chi connectivity index (χ0v) is 10.1. The van der Waals surface area contributed by atoms with Crippen LogP contribution >= 0.6 is 0 Å². The Hall–Kier alpha value is -1.59. The Kier molecular flexibility index (Phi) is 4.28. The van der Waals surface area contributed by atoms with Crippen molar-refractivity contribution in [1.29, 1.82) is 0 Å². The summed E-state index contributed by atoms with van der Waals surface area (Å²) in [7, 11) is 0. The van der Waals surface area contributed by atoms with E-state index in [1.54, 1.807) is 6.92 Å². The van der Waals surface area contributed by atoms with Crippen molar-refractivity contribution in [2.45, 2.75) is 40.3 Å². The fourth-order valence-electron chi connectivity index (χ4n) is 0.992. The van der Waals surface area contributed by atoms with E-state index in [4.69, 9.17) is 4.52 Å². The summed E-state index contributed by atoms with van der Waals surface area (Å²) in [6, 6.07) is -0.0959. The fraction of sp³-hybridized carbons (Fsp3) is 0.700. The lowest BCUT2D eigenvalue weighted by atomic mass is 10.1. The van der Waals surface area contributed by atoms with E-state index < -0.39 is 0 Å². The van der Waals surface area contributed by atoms with Crippen LogP contribution in [-0.4, -0.2) is 22.2 Å². The summed E-state index contributed by atoms with van der Waals surface area (Å²) >= 11 is 0. The Morgan fingerprint density at radius 1 is 1.44 bits per heavy atom. The second kappa shape index (κ2) is 5.48. The molecule has 0 aliphatic carbocycles. The summed E-state index contributed by atoms with van der Waals surface area (Å²) in [5.41, 5.74) is 0. The number of nitrogens with zero attached hydrogens (tertiary/aromatic N) is 2. The van der Waals surface area contributed by atoms with Gasteiger partial charge in [0.1, 0.15) is 0 Å². The van der Waals surface area contributed by atoms with Gasteiger partial charge in [0.05, 0.1) is 6.54 Å². The minimum absolute atomic E-state index is 0.129. The van der Waals surface area contributed by atoms with Gasteiger partial charge in [-0.05, 0) is 19.8 Å². The summed E-state index contributed by atoms with van der Waals surface area (Å²) in [4.78, 5) is 15.4. The first-order chi connectivity index (χ1) is 7.49. The maximum absolute atomic E-state index is 11.4. The third-order valence-corrected chi connectivity index (χ3v) is 2.33. The van der Waals surface area contributed by atoms with Gasteiger partial charge >= 0.3 is 6.03 Å². The fourth-order valence-corrected chi connectivity index (χ4v) is 0.992. The first-order valence-corrected chi connectivity index (χ1v) is 5.32. The molecule has 1 atom stereocenters. The van der Waals surface area contributed by atoms with E-state index in [0.717, 1.165) is 0 Å². The number of carbonyl (C=O) groups is 1. The van der Waals surface area contributed by atoms with Gasteiger partial charge in [-0.25, -0.2) is 4.79 Å². The molecule has 0 saturated carbocycles. The molecule has 0 aliphatic rings. The molecule has 0 radical (unpaired) electrons. The van der Waals surface area contributed by atoms with Crippen molar-refractivity contribution in [3.63, 3.8) is 0 Å². The average molecular weight is 226 g/mol. The molecule has 6 heteroatoms. The minimum Gasteiger partial charge on any atom is -0.337 e. The van der Waals surface area contributed by atoms with Crippen molar-refractivity contribution in [2.24, 2.45) is 5.92 Å². The van der Waals surface area contributed by atoms with E-state index in [-0.39, 0.29) is 18.6 Å². The van der Waals surface area contributed by atoms with Crippen molar-refractivity contribution in [2.75, 3.05) is 0 Å². The van der Waals surface area contributed by atoms with Crippen LogP contribution in [0.3, 0.4) is 0 Å². The molecule has 1 heterocycles. The van der Waals surface area contributed by atoms with Crippen molar-refractivity contribution in [3.8, 4) is 0 Å². The highest BCUT2D eigenvalue weighted by Crippen LogP contribution is 1.99. The van der Waals surface area contributed by atoms with Crippen LogP contribution in [0.5, 0.6) is 0 Å². The van der Waals surface area contributed by atoms with Gasteiger partial charge in [-0.15, -0.1) is 0 Å². The molecular weight excluding hydrogens is 208 g/mol. The summed E-state index contributed by atoms with van der Waals surface area (Å²) in [6.07, 6.45) is 0. The number of rotatable bonds is 4.